The van der Waals surface area contributed by atoms with Crippen molar-refractivity contribution in [2.45, 2.75) is 30.3 Å². The Balaban J connectivity index is 3.41. The molecule has 1 aromatic carbocycles. The monoisotopic (exact) mass is 267 g/mol. The largest absolute Gasteiger partial charge is 0.395 e. The minimum absolute atomic E-state index is 0.240. The number of alkyl halides is 3. The SMILES string of the molecule is CC[C@@H](c1ccccc1S(N)(=O)=O)C(F)(F)F. The maximum atomic E-state index is 12.7. The smallest absolute Gasteiger partial charge is 0.225 e. The first-order valence-electron chi connectivity index (χ1n) is 4.86. The highest BCUT2D eigenvalue weighted by atomic mass is 32.2. The summed E-state index contributed by atoms with van der Waals surface area (Å²) in [5.41, 5.74) is -0.301. The van der Waals surface area contributed by atoms with Crippen LogP contribution in [-0.2, 0) is 10.0 Å². The van der Waals surface area contributed by atoms with E-state index in [-0.39, 0.29) is 12.0 Å². The van der Waals surface area contributed by atoms with Crippen LogP contribution >= 0.6 is 0 Å². The molecule has 0 bridgehead atoms. The number of hydrogen-bond donors (Lipinski definition) is 1. The van der Waals surface area contributed by atoms with E-state index in [9.17, 15) is 21.6 Å². The van der Waals surface area contributed by atoms with Crippen molar-refractivity contribution >= 4 is 10.0 Å². The minimum Gasteiger partial charge on any atom is -0.225 e. The Labute approximate surface area is 97.5 Å². The normalized spacial score (nSPS) is 14.6. The number of nitrogens with two attached hydrogens (primary N) is 1. The molecule has 0 fully saturated rings. The first kappa shape index (κ1) is 14.0. The third-order valence-electron chi connectivity index (χ3n) is 2.40. The highest BCUT2D eigenvalue weighted by Crippen LogP contribution is 2.39. The lowest BCUT2D eigenvalue weighted by atomic mass is 9.96. The summed E-state index contributed by atoms with van der Waals surface area (Å²) in [4.78, 5) is -0.468. The number of primary sulfonamides is 1. The third kappa shape index (κ3) is 3.19. The Morgan fingerprint density at radius 3 is 2.24 bits per heavy atom. The number of hydrogen-bond acceptors (Lipinski definition) is 2. The summed E-state index contributed by atoms with van der Waals surface area (Å²) < 4.78 is 60.6. The van der Waals surface area contributed by atoms with E-state index in [1.54, 1.807) is 0 Å². The van der Waals surface area contributed by atoms with Gasteiger partial charge in [-0.25, -0.2) is 13.6 Å². The van der Waals surface area contributed by atoms with Gasteiger partial charge in [-0.3, -0.25) is 0 Å². The Bertz CT molecular complexity index is 497. The molecule has 7 heteroatoms. The van der Waals surface area contributed by atoms with E-state index in [2.05, 4.69) is 0 Å². The summed E-state index contributed by atoms with van der Waals surface area (Å²) in [6.07, 6.45) is -4.73. The molecule has 0 aliphatic heterocycles. The van der Waals surface area contributed by atoms with Gasteiger partial charge in [0.05, 0.1) is 10.8 Å². The summed E-state index contributed by atoms with van der Waals surface area (Å²) in [6.45, 7) is 1.35. The Kier molecular flexibility index (Phi) is 3.83. The summed E-state index contributed by atoms with van der Waals surface area (Å²) in [6, 6.07) is 4.92. The topological polar surface area (TPSA) is 60.2 Å². The van der Waals surface area contributed by atoms with E-state index in [1.165, 1.54) is 19.1 Å². The molecule has 0 saturated heterocycles. The quantitative estimate of drug-likeness (QED) is 0.914. The van der Waals surface area contributed by atoms with Gasteiger partial charge in [-0.1, -0.05) is 25.1 Å². The zero-order valence-electron chi connectivity index (χ0n) is 9.03. The molecular weight excluding hydrogens is 255 g/mol. The van der Waals surface area contributed by atoms with Gasteiger partial charge in [0.25, 0.3) is 0 Å². The summed E-state index contributed by atoms with van der Waals surface area (Å²) in [5.74, 6) is -1.82. The fourth-order valence-electron chi connectivity index (χ4n) is 1.66. The van der Waals surface area contributed by atoms with Crippen molar-refractivity contribution in [3.05, 3.63) is 29.8 Å². The summed E-state index contributed by atoms with van der Waals surface area (Å²) in [5, 5.41) is 4.90. The van der Waals surface area contributed by atoms with Gasteiger partial charge in [-0.05, 0) is 18.1 Å². The van der Waals surface area contributed by atoms with Crippen molar-refractivity contribution in [2.75, 3.05) is 0 Å². The first-order valence-corrected chi connectivity index (χ1v) is 6.41. The second-order valence-electron chi connectivity index (χ2n) is 3.59. The highest BCUT2D eigenvalue weighted by molar-refractivity contribution is 7.89. The number of rotatable bonds is 3. The van der Waals surface area contributed by atoms with Gasteiger partial charge >= 0.3 is 6.18 Å². The fourth-order valence-corrected chi connectivity index (χ4v) is 2.46. The van der Waals surface area contributed by atoms with Crippen LogP contribution in [0.15, 0.2) is 29.2 Å². The molecule has 0 spiro atoms. The van der Waals surface area contributed by atoms with Gasteiger partial charge in [0.2, 0.25) is 10.0 Å². The number of halogens is 3. The zero-order chi connectivity index (χ0) is 13.3. The standard InChI is InChI=1S/C10H12F3NO2S/c1-2-8(10(11,12)13)7-5-3-4-6-9(7)17(14,15)16/h3-6,8H,2H2,1H3,(H2,14,15,16)/t8-/m0/s1. The highest BCUT2D eigenvalue weighted by Gasteiger charge is 2.41. The molecule has 0 aliphatic carbocycles. The van der Waals surface area contributed by atoms with Gasteiger partial charge in [-0.15, -0.1) is 0 Å². The third-order valence-corrected chi connectivity index (χ3v) is 3.39. The van der Waals surface area contributed by atoms with Crippen LogP contribution in [-0.4, -0.2) is 14.6 Å². The molecule has 0 heterocycles. The second-order valence-corrected chi connectivity index (χ2v) is 5.12. The molecular formula is C10H12F3NO2S. The molecule has 96 valence electrons. The van der Waals surface area contributed by atoms with E-state index in [4.69, 9.17) is 5.14 Å². The van der Waals surface area contributed by atoms with Crippen LogP contribution in [0, 0.1) is 0 Å². The van der Waals surface area contributed by atoms with E-state index >= 15 is 0 Å². The summed E-state index contributed by atoms with van der Waals surface area (Å²) in [7, 11) is -4.15. The molecule has 0 saturated carbocycles. The fraction of sp³-hybridized carbons (Fsp3) is 0.400. The van der Waals surface area contributed by atoms with E-state index in [1.807, 2.05) is 0 Å². The predicted molar refractivity (Wildman–Crippen MR) is 56.9 cm³/mol. The molecule has 1 atom stereocenters. The predicted octanol–water partition coefficient (Wildman–Crippen LogP) is 2.39. The number of benzene rings is 1. The van der Waals surface area contributed by atoms with Crippen LogP contribution in [0.5, 0.6) is 0 Å². The van der Waals surface area contributed by atoms with Crippen molar-refractivity contribution < 1.29 is 21.6 Å². The molecule has 3 nitrogen and oxygen atoms in total. The minimum atomic E-state index is -4.49. The zero-order valence-corrected chi connectivity index (χ0v) is 9.85. The lowest BCUT2D eigenvalue weighted by Gasteiger charge is -2.20. The molecule has 0 aromatic heterocycles. The maximum absolute atomic E-state index is 12.7. The van der Waals surface area contributed by atoms with Crippen LogP contribution in [0.2, 0.25) is 0 Å². The first-order chi connectivity index (χ1) is 7.68. The van der Waals surface area contributed by atoms with Gasteiger partial charge in [-0.2, -0.15) is 13.2 Å². The molecule has 2 N–H and O–H groups in total. The van der Waals surface area contributed by atoms with Crippen LogP contribution in [0.3, 0.4) is 0 Å². The van der Waals surface area contributed by atoms with Gasteiger partial charge in [0.15, 0.2) is 0 Å². The average molecular weight is 267 g/mol. The summed E-state index contributed by atoms with van der Waals surface area (Å²) >= 11 is 0. The Morgan fingerprint density at radius 2 is 1.82 bits per heavy atom. The molecule has 0 radical (unpaired) electrons. The van der Waals surface area contributed by atoms with Crippen LogP contribution in [0.25, 0.3) is 0 Å². The Hall–Kier alpha value is -1.08. The average Bonchev–Trinajstić information content (AvgIpc) is 2.15. The molecule has 0 aliphatic rings. The van der Waals surface area contributed by atoms with Gasteiger partial charge in [0.1, 0.15) is 0 Å². The molecule has 0 unspecified atom stereocenters. The van der Waals surface area contributed by atoms with E-state index in [0.29, 0.717) is 0 Å². The molecule has 0 amide bonds. The lowest BCUT2D eigenvalue weighted by Crippen LogP contribution is -2.24. The van der Waals surface area contributed by atoms with E-state index in [0.717, 1.165) is 12.1 Å². The van der Waals surface area contributed by atoms with Gasteiger partial charge in [0, 0.05) is 0 Å². The maximum Gasteiger partial charge on any atom is 0.395 e. The molecule has 1 aromatic rings. The lowest BCUT2D eigenvalue weighted by molar-refractivity contribution is -0.151. The number of sulfonamides is 1. The Morgan fingerprint density at radius 1 is 1.29 bits per heavy atom. The second kappa shape index (κ2) is 4.66. The van der Waals surface area contributed by atoms with Crippen LogP contribution in [0.4, 0.5) is 13.2 Å². The van der Waals surface area contributed by atoms with Crippen LogP contribution in [0.1, 0.15) is 24.8 Å². The van der Waals surface area contributed by atoms with Crippen molar-refractivity contribution in [2.24, 2.45) is 5.14 Å². The molecule has 17 heavy (non-hydrogen) atoms. The van der Waals surface area contributed by atoms with Crippen molar-refractivity contribution in [1.82, 2.24) is 0 Å². The van der Waals surface area contributed by atoms with E-state index < -0.39 is 27.0 Å². The van der Waals surface area contributed by atoms with Gasteiger partial charge < -0.3 is 0 Å². The molecule has 1 rings (SSSR count). The van der Waals surface area contributed by atoms with Crippen molar-refractivity contribution in [3.63, 3.8) is 0 Å². The van der Waals surface area contributed by atoms with Crippen LogP contribution < -0.4 is 5.14 Å². The van der Waals surface area contributed by atoms with Crippen molar-refractivity contribution in [3.8, 4) is 0 Å². The van der Waals surface area contributed by atoms with Crippen molar-refractivity contribution in [1.29, 1.82) is 0 Å².